The molecular formula is C33H43N9O8. The zero-order valence-electron chi connectivity index (χ0n) is 28.4. The molecule has 2 atom stereocenters. The van der Waals surface area contributed by atoms with E-state index in [9.17, 15) is 24.0 Å². The number of nitrogens with zero attached hydrogens (tertiary/aromatic N) is 5. The normalized spacial score (nSPS) is 13.2. The van der Waals surface area contributed by atoms with Gasteiger partial charge in [0, 0.05) is 30.6 Å². The lowest BCUT2D eigenvalue weighted by Gasteiger charge is -2.20. The highest BCUT2D eigenvalue weighted by Gasteiger charge is 2.27. The van der Waals surface area contributed by atoms with Crippen LogP contribution in [-0.4, -0.2) is 88.1 Å². The average molecular weight is 694 g/mol. The van der Waals surface area contributed by atoms with Crippen LogP contribution in [0.15, 0.2) is 24.4 Å². The lowest BCUT2D eigenvalue weighted by atomic mass is 10.1. The second-order valence-corrected chi connectivity index (χ2v) is 11.4. The van der Waals surface area contributed by atoms with Crippen molar-refractivity contribution in [3.05, 3.63) is 41.2 Å². The lowest BCUT2D eigenvalue weighted by molar-refractivity contribution is -0.149. The minimum Gasteiger partial charge on any atom is -0.466 e. The smallest absolute Gasteiger partial charge is 0.328 e. The molecule has 1 aliphatic rings. The third-order valence-electron chi connectivity index (χ3n) is 7.81. The van der Waals surface area contributed by atoms with Gasteiger partial charge >= 0.3 is 17.9 Å². The third kappa shape index (κ3) is 9.96. The van der Waals surface area contributed by atoms with E-state index in [1.54, 1.807) is 39.1 Å². The maximum absolute atomic E-state index is 13.3. The van der Waals surface area contributed by atoms with Crippen LogP contribution < -0.4 is 27.0 Å². The average Bonchev–Trinajstić information content (AvgIpc) is 3.48. The number of anilines is 3. The van der Waals surface area contributed by atoms with Crippen molar-refractivity contribution in [2.24, 2.45) is 0 Å². The van der Waals surface area contributed by atoms with Crippen LogP contribution in [0, 0.1) is 0 Å². The van der Waals surface area contributed by atoms with Gasteiger partial charge in [0.2, 0.25) is 11.9 Å². The van der Waals surface area contributed by atoms with Crippen LogP contribution in [0.3, 0.4) is 0 Å². The highest BCUT2D eigenvalue weighted by molar-refractivity contribution is 5.97. The van der Waals surface area contributed by atoms with E-state index >= 15 is 0 Å². The Morgan fingerprint density at radius 1 is 0.880 bits per heavy atom. The molecule has 0 saturated carbocycles. The van der Waals surface area contributed by atoms with Crippen LogP contribution >= 0.6 is 0 Å². The predicted octanol–water partition coefficient (Wildman–Crippen LogP) is 1.37. The molecule has 268 valence electrons. The molecule has 50 heavy (non-hydrogen) atoms. The van der Waals surface area contributed by atoms with Gasteiger partial charge in [0.15, 0.2) is 17.0 Å². The molecule has 0 radical (unpaired) electrons. The number of benzene rings is 1. The fourth-order valence-electron chi connectivity index (χ4n) is 5.48. The monoisotopic (exact) mass is 693 g/mol. The van der Waals surface area contributed by atoms with Crippen LogP contribution in [0.5, 0.6) is 0 Å². The van der Waals surface area contributed by atoms with Crippen molar-refractivity contribution in [2.45, 2.75) is 77.9 Å². The van der Waals surface area contributed by atoms with E-state index in [0.717, 1.165) is 11.3 Å². The lowest BCUT2D eigenvalue weighted by Crippen LogP contribution is -2.43. The second kappa shape index (κ2) is 17.7. The molecule has 0 bridgehead atoms. The molecular weight excluding hydrogens is 650 g/mol. The molecule has 6 N–H and O–H groups in total. The van der Waals surface area contributed by atoms with Gasteiger partial charge in [-0.05, 0) is 70.2 Å². The summed E-state index contributed by atoms with van der Waals surface area (Å²) < 4.78 is 15.1. The zero-order chi connectivity index (χ0) is 36.2. The topological polar surface area (TPSA) is 244 Å². The van der Waals surface area contributed by atoms with E-state index in [1.807, 2.05) is 6.07 Å². The first-order valence-electron chi connectivity index (χ1n) is 16.5. The summed E-state index contributed by atoms with van der Waals surface area (Å²) in [5.74, 6) is -2.55. The molecule has 0 saturated heterocycles. The summed E-state index contributed by atoms with van der Waals surface area (Å²) in [6.07, 6.45) is 2.49. The Bertz CT molecular complexity index is 1720. The molecule has 0 spiro atoms. The number of esters is 3. The summed E-state index contributed by atoms with van der Waals surface area (Å²) in [5, 5.41) is 5.34. The van der Waals surface area contributed by atoms with E-state index in [2.05, 4.69) is 35.5 Å². The summed E-state index contributed by atoms with van der Waals surface area (Å²) in [5.41, 5.74) is 15.2. The van der Waals surface area contributed by atoms with Gasteiger partial charge in [-0.25, -0.2) is 19.6 Å². The van der Waals surface area contributed by atoms with Crippen LogP contribution in [0.25, 0.3) is 11.2 Å². The van der Waals surface area contributed by atoms with Gasteiger partial charge in [-0.1, -0.05) is 0 Å². The van der Waals surface area contributed by atoms with Crippen LogP contribution in [0.4, 0.5) is 17.5 Å². The number of carbonyl (C=O) groups is 5. The Morgan fingerprint density at radius 3 is 2.28 bits per heavy atom. The van der Waals surface area contributed by atoms with E-state index in [-0.39, 0.29) is 63.7 Å². The fraction of sp³-hybridized carbons (Fsp3) is 0.485. The van der Waals surface area contributed by atoms with E-state index < -0.39 is 41.8 Å². The number of nitrogen functional groups attached to an aromatic ring is 2. The van der Waals surface area contributed by atoms with Gasteiger partial charge in [0.25, 0.3) is 5.91 Å². The van der Waals surface area contributed by atoms with Gasteiger partial charge in [0.05, 0.1) is 38.3 Å². The number of amides is 2. The Kier molecular flexibility index (Phi) is 13.2. The Hall–Kier alpha value is -5.61. The van der Waals surface area contributed by atoms with E-state index in [0.29, 0.717) is 41.9 Å². The molecule has 1 aromatic carbocycles. The van der Waals surface area contributed by atoms with Crippen molar-refractivity contribution in [1.29, 1.82) is 0 Å². The number of nitrogens with one attached hydrogen (secondary N) is 2. The van der Waals surface area contributed by atoms with Gasteiger partial charge < -0.3 is 41.2 Å². The largest absolute Gasteiger partial charge is 0.466 e. The Labute approximate surface area is 288 Å². The molecule has 2 aromatic heterocycles. The van der Waals surface area contributed by atoms with Crippen molar-refractivity contribution < 1.29 is 38.2 Å². The SMILES string of the molecule is CCOC(=O)CCC(NC(=O)CCCC(NC(=O)c1ccc2c(c1)CCN2Cc1cnc2nc(N)nc(N)c2n1)C(=O)OCC)C(=O)OCC. The predicted molar refractivity (Wildman–Crippen MR) is 181 cm³/mol. The minimum absolute atomic E-state index is 0.0154. The molecule has 2 unspecified atom stereocenters. The number of fused-ring (bicyclic) bond motifs is 2. The molecule has 2 amide bonds. The van der Waals surface area contributed by atoms with Crippen molar-refractivity contribution in [3.8, 4) is 0 Å². The molecule has 0 fully saturated rings. The first-order chi connectivity index (χ1) is 24.0. The van der Waals surface area contributed by atoms with Crippen LogP contribution in [0.1, 0.15) is 74.5 Å². The summed E-state index contributed by atoms with van der Waals surface area (Å²) in [4.78, 5) is 82.0. The highest BCUT2D eigenvalue weighted by atomic mass is 16.5. The quantitative estimate of drug-likeness (QED) is 0.115. The van der Waals surface area contributed by atoms with Gasteiger partial charge in [-0.3, -0.25) is 14.4 Å². The van der Waals surface area contributed by atoms with Crippen LogP contribution in [0.2, 0.25) is 0 Å². The molecule has 0 aliphatic carbocycles. The second-order valence-electron chi connectivity index (χ2n) is 11.4. The number of hydrogen-bond acceptors (Lipinski definition) is 15. The van der Waals surface area contributed by atoms with Crippen molar-refractivity contribution >= 4 is 58.3 Å². The van der Waals surface area contributed by atoms with E-state index in [1.165, 1.54) is 0 Å². The number of ether oxygens (including phenoxy) is 3. The maximum atomic E-state index is 13.3. The molecule has 3 heterocycles. The number of rotatable bonds is 17. The molecule has 17 nitrogen and oxygen atoms in total. The first kappa shape index (κ1) is 37.2. The molecule has 3 aromatic rings. The third-order valence-corrected chi connectivity index (χ3v) is 7.81. The Balaban J connectivity index is 1.35. The highest BCUT2D eigenvalue weighted by Crippen LogP contribution is 2.30. The first-order valence-corrected chi connectivity index (χ1v) is 16.5. The number of nitrogens with two attached hydrogens (primary N) is 2. The minimum atomic E-state index is -1.03. The van der Waals surface area contributed by atoms with E-state index in [4.69, 9.17) is 25.7 Å². The number of aromatic nitrogens is 4. The summed E-state index contributed by atoms with van der Waals surface area (Å²) in [6.45, 7) is 6.50. The number of carbonyl (C=O) groups excluding carboxylic acids is 5. The molecule has 1 aliphatic heterocycles. The summed E-state index contributed by atoms with van der Waals surface area (Å²) >= 11 is 0. The zero-order valence-corrected chi connectivity index (χ0v) is 28.4. The van der Waals surface area contributed by atoms with Gasteiger partial charge in [-0.2, -0.15) is 9.97 Å². The summed E-state index contributed by atoms with van der Waals surface area (Å²) in [7, 11) is 0. The fourth-order valence-corrected chi connectivity index (χ4v) is 5.48. The van der Waals surface area contributed by atoms with Gasteiger partial charge in [-0.15, -0.1) is 0 Å². The van der Waals surface area contributed by atoms with Crippen molar-refractivity contribution in [2.75, 3.05) is 42.7 Å². The van der Waals surface area contributed by atoms with Gasteiger partial charge in [0.1, 0.15) is 12.1 Å². The maximum Gasteiger partial charge on any atom is 0.328 e. The summed E-state index contributed by atoms with van der Waals surface area (Å²) in [6, 6.07) is 3.26. The molecule has 17 heteroatoms. The Morgan fingerprint density at radius 2 is 1.58 bits per heavy atom. The molecule has 4 rings (SSSR count). The van der Waals surface area contributed by atoms with Crippen molar-refractivity contribution in [3.63, 3.8) is 0 Å². The van der Waals surface area contributed by atoms with Crippen LogP contribution in [-0.2, 0) is 46.4 Å². The number of hydrogen-bond donors (Lipinski definition) is 4. The van der Waals surface area contributed by atoms with Crippen molar-refractivity contribution in [1.82, 2.24) is 30.6 Å². The standard InChI is InChI=1S/C33H43N9O8/c1-4-48-26(44)13-11-23(32(47)50-6-3)38-25(43)9-7-8-22(31(46)49-5-2)39-30(45)20-10-12-24-19(16-20)14-15-42(24)18-21-17-36-29-27(37-21)28(34)40-33(35)41-29/h10,12,16-17,22-23H,4-9,11,13-15,18H2,1-3H3,(H,38,43)(H,39,45)(H4,34,35,36,40,41).